The van der Waals surface area contributed by atoms with Gasteiger partial charge in [-0.05, 0) is 17.7 Å². The van der Waals surface area contributed by atoms with Crippen molar-refractivity contribution >= 4 is 41.7 Å². The lowest BCUT2D eigenvalue weighted by molar-refractivity contribution is 0.188. The SMILES string of the molecule is CCS(=O)(=O)C(Br)(Br)C(O)c1ccc(F)cc1. The zero-order chi connectivity index (χ0) is 13.3. The third-order valence-electron chi connectivity index (χ3n) is 2.30. The predicted octanol–water partition coefficient (Wildman–Crippen LogP) is 2.74. The molecule has 7 heteroatoms. The average Bonchev–Trinajstić information content (AvgIpc) is 2.28. The summed E-state index contributed by atoms with van der Waals surface area (Å²) < 4.78 is 34.6. The van der Waals surface area contributed by atoms with E-state index in [9.17, 15) is 17.9 Å². The quantitative estimate of drug-likeness (QED) is 0.805. The molecule has 1 rings (SSSR count). The molecule has 1 unspecified atom stereocenters. The van der Waals surface area contributed by atoms with Crippen LogP contribution in [-0.4, -0.2) is 21.8 Å². The molecule has 96 valence electrons. The van der Waals surface area contributed by atoms with Crippen molar-refractivity contribution in [3.05, 3.63) is 35.6 Å². The fourth-order valence-corrected chi connectivity index (χ4v) is 3.96. The van der Waals surface area contributed by atoms with E-state index in [1.54, 1.807) is 0 Å². The second-order valence-electron chi connectivity index (χ2n) is 3.42. The first kappa shape index (κ1) is 15.1. The molecular formula is C10H11Br2FO3S. The number of hydrogen-bond acceptors (Lipinski definition) is 3. The van der Waals surface area contributed by atoms with Gasteiger partial charge in [0.2, 0.25) is 2.57 Å². The van der Waals surface area contributed by atoms with E-state index in [1.165, 1.54) is 19.1 Å². The van der Waals surface area contributed by atoms with Crippen LogP contribution in [0.2, 0.25) is 0 Å². The number of aliphatic hydroxyl groups is 1. The van der Waals surface area contributed by atoms with E-state index in [0.29, 0.717) is 5.56 Å². The first-order valence-corrected chi connectivity index (χ1v) is 8.00. The largest absolute Gasteiger partial charge is 0.385 e. The lowest BCUT2D eigenvalue weighted by atomic mass is 10.1. The molecule has 1 aromatic carbocycles. The van der Waals surface area contributed by atoms with Gasteiger partial charge in [-0.3, -0.25) is 0 Å². The molecule has 17 heavy (non-hydrogen) atoms. The van der Waals surface area contributed by atoms with Crippen LogP contribution in [0.1, 0.15) is 18.6 Å². The van der Waals surface area contributed by atoms with Crippen molar-refractivity contribution in [1.82, 2.24) is 0 Å². The Bertz CT molecular complexity index is 485. The van der Waals surface area contributed by atoms with Gasteiger partial charge in [-0.2, -0.15) is 0 Å². The molecule has 1 aromatic rings. The van der Waals surface area contributed by atoms with Crippen molar-refractivity contribution in [2.24, 2.45) is 0 Å². The Labute approximate surface area is 116 Å². The summed E-state index contributed by atoms with van der Waals surface area (Å²) in [6.07, 6.45) is -1.34. The lowest BCUT2D eigenvalue weighted by Gasteiger charge is -2.26. The number of halogens is 3. The summed E-state index contributed by atoms with van der Waals surface area (Å²) in [5, 5.41) is 10.0. The van der Waals surface area contributed by atoms with Crippen molar-refractivity contribution in [1.29, 1.82) is 0 Å². The third-order valence-corrected chi connectivity index (χ3v) is 7.94. The highest BCUT2D eigenvalue weighted by Gasteiger charge is 2.45. The van der Waals surface area contributed by atoms with Crippen LogP contribution in [0.3, 0.4) is 0 Å². The van der Waals surface area contributed by atoms with Crippen LogP contribution in [0.15, 0.2) is 24.3 Å². The number of benzene rings is 1. The summed E-state index contributed by atoms with van der Waals surface area (Å²) in [5.74, 6) is -0.587. The van der Waals surface area contributed by atoms with E-state index in [-0.39, 0.29) is 5.75 Å². The molecule has 0 saturated carbocycles. The minimum atomic E-state index is -3.57. The maximum atomic E-state index is 12.7. The van der Waals surface area contributed by atoms with Crippen molar-refractivity contribution in [2.75, 3.05) is 5.75 Å². The van der Waals surface area contributed by atoms with Gasteiger partial charge in [0, 0.05) is 5.75 Å². The highest BCUT2D eigenvalue weighted by atomic mass is 79.9. The predicted molar refractivity (Wildman–Crippen MR) is 71.4 cm³/mol. The molecular weight excluding hydrogens is 379 g/mol. The van der Waals surface area contributed by atoms with Gasteiger partial charge in [-0.1, -0.05) is 50.9 Å². The maximum absolute atomic E-state index is 12.7. The average molecular weight is 390 g/mol. The zero-order valence-corrected chi connectivity index (χ0v) is 12.9. The monoisotopic (exact) mass is 388 g/mol. The summed E-state index contributed by atoms with van der Waals surface area (Å²) in [4.78, 5) is 0. The summed E-state index contributed by atoms with van der Waals surface area (Å²) in [6, 6.07) is 4.99. The standard InChI is InChI=1S/C10H11Br2FO3S/c1-2-17(15,16)10(11,12)9(14)7-3-5-8(13)6-4-7/h3-6,9,14H,2H2,1H3. The number of alkyl halides is 2. The highest BCUT2D eigenvalue weighted by molar-refractivity contribution is 9.28. The second-order valence-corrected chi connectivity index (χ2v) is 10.5. The Hall–Kier alpha value is 0.0200. The first-order valence-electron chi connectivity index (χ1n) is 4.76. The van der Waals surface area contributed by atoms with Crippen molar-refractivity contribution in [2.45, 2.75) is 15.6 Å². The minimum Gasteiger partial charge on any atom is -0.385 e. The van der Waals surface area contributed by atoms with Gasteiger partial charge in [0.15, 0.2) is 9.84 Å². The van der Waals surface area contributed by atoms with Crippen LogP contribution < -0.4 is 0 Å². The normalized spacial score (nSPS) is 14.6. The van der Waals surface area contributed by atoms with Crippen LogP contribution in [-0.2, 0) is 9.84 Å². The fraction of sp³-hybridized carbons (Fsp3) is 0.400. The molecule has 0 heterocycles. The lowest BCUT2D eigenvalue weighted by Crippen LogP contribution is -2.33. The van der Waals surface area contributed by atoms with Gasteiger partial charge in [-0.25, -0.2) is 12.8 Å². The topological polar surface area (TPSA) is 54.4 Å². The van der Waals surface area contributed by atoms with Crippen molar-refractivity contribution < 1.29 is 17.9 Å². The van der Waals surface area contributed by atoms with Gasteiger partial charge >= 0.3 is 0 Å². The van der Waals surface area contributed by atoms with Crippen molar-refractivity contribution in [3.8, 4) is 0 Å². The maximum Gasteiger partial charge on any atom is 0.210 e. The van der Waals surface area contributed by atoms with Gasteiger partial charge in [0.1, 0.15) is 11.9 Å². The molecule has 0 aliphatic heterocycles. The first-order chi connectivity index (χ1) is 7.72. The molecule has 0 amide bonds. The molecule has 3 nitrogen and oxygen atoms in total. The smallest absolute Gasteiger partial charge is 0.210 e. The van der Waals surface area contributed by atoms with E-state index >= 15 is 0 Å². The molecule has 0 aromatic heterocycles. The van der Waals surface area contributed by atoms with Crippen LogP contribution in [0.25, 0.3) is 0 Å². The Morgan fingerprint density at radius 2 is 1.82 bits per heavy atom. The molecule has 1 N–H and O–H groups in total. The van der Waals surface area contributed by atoms with E-state index in [0.717, 1.165) is 12.1 Å². The molecule has 1 atom stereocenters. The number of rotatable bonds is 4. The minimum absolute atomic E-state index is 0.137. The molecule has 0 aliphatic carbocycles. The number of aliphatic hydroxyl groups excluding tert-OH is 1. The van der Waals surface area contributed by atoms with Gasteiger partial charge in [0.25, 0.3) is 0 Å². The van der Waals surface area contributed by atoms with Gasteiger partial charge in [0.05, 0.1) is 0 Å². The van der Waals surface area contributed by atoms with E-state index < -0.39 is 24.3 Å². The molecule has 0 fully saturated rings. The van der Waals surface area contributed by atoms with Gasteiger partial charge < -0.3 is 5.11 Å². The molecule has 0 radical (unpaired) electrons. The van der Waals surface area contributed by atoms with Crippen LogP contribution in [0.5, 0.6) is 0 Å². The summed E-state index contributed by atoms with van der Waals surface area (Å²) in [6.45, 7) is 1.48. The fourth-order valence-electron chi connectivity index (χ4n) is 1.20. The molecule has 0 bridgehead atoms. The highest BCUT2D eigenvalue weighted by Crippen LogP contribution is 2.44. The number of hydrogen-bond donors (Lipinski definition) is 1. The zero-order valence-electron chi connectivity index (χ0n) is 8.90. The summed E-state index contributed by atoms with van der Waals surface area (Å²) in [7, 11) is -3.57. The van der Waals surface area contributed by atoms with Gasteiger partial charge in [-0.15, -0.1) is 0 Å². The third kappa shape index (κ3) is 3.07. The van der Waals surface area contributed by atoms with E-state index in [1.807, 2.05) is 0 Å². The number of sulfone groups is 1. The molecule has 0 spiro atoms. The Morgan fingerprint density at radius 1 is 1.35 bits per heavy atom. The summed E-state index contributed by atoms with van der Waals surface area (Å²) in [5.41, 5.74) is 0.303. The molecule has 0 aliphatic rings. The van der Waals surface area contributed by atoms with E-state index in [2.05, 4.69) is 31.9 Å². The van der Waals surface area contributed by atoms with E-state index in [4.69, 9.17) is 0 Å². The van der Waals surface area contributed by atoms with Crippen LogP contribution >= 0.6 is 31.9 Å². The Morgan fingerprint density at radius 3 is 2.24 bits per heavy atom. The summed E-state index contributed by atoms with van der Waals surface area (Å²) >= 11 is 5.94. The molecule has 0 saturated heterocycles. The second kappa shape index (κ2) is 5.34. The van der Waals surface area contributed by atoms with Crippen molar-refractivity contribution in [3.63, 3.8) is 0 Å². The van der Waals surface area contributed by atoms with Crippen LogP contribution in [0.4, 0.5) is 4.39 Å². The Balaban J connectivity index is 3.12. The van der Waals surface area contributed by atoms with Crippen LogP contribution in [0, 0.1) is 5.82 Å². The Kier molecular flexibility index (Phi) is 4.73.